The standard InChI is InChI=1S/C20H27F2N5O3Si/c1-13(28)10-23-18-15-11-24-27(12-29-7-4-8-31(2)3)19(15)26-20(25-18)30-17-6-5-14(21)9-16(17)22/h5-6,9,11,13,28,31H,4,7-8,10,12H2,1-3H3,(H,23,25,26)/t13-/m0/s1. The molecule has 2 heterocycles. The lowest BCUT2D eigenvalue weighted by Crippen LogP contribution is -2.16. The maximum absolute atomic E-state index is 14.0. The van der Waals surface area contributed by atoms with Crippen LogP contribution in [0.2, 0.25) is 19.1 Å². The second-order valence-corrected chi connectivity index (χ2v) is 11.1. The van der Waals surface area contributed by atoms with Crippen LogP contribution in [0.25, 0.3) is 11.0 Å². The average molecular weight is 452 g/mol. The summed E-state index contributed by atoms with van der Waals surface area (Å²) in [7, 11) is -0.609. The zero-order chi connectivity index (χ0) is 22.4. The van der Waals surface area contributed by atoms with E-state index in [1.54, 1.807) is 17.8 Å². The number of hydrogen-bond acceptors (Lipinski definition) is 7. The van der Waals surface area contributed by atoms with Gasteiger partial charge in [-0.15, -0.1) is 0 Å². The molecular formula is C20H27F2N5O3Si. The molecule has 1 atom stereocenters. The molecule has 1 aromatic carbocycles. The van der Waals surface area contributed by atoms with Crippen LogP contribution in [0.15, 0.2) is 24.4 Å². The predicted molar refractivity (Wildman–Crippen MR) is 116 cm³/mol. The fourth-order valence-corrected chi connectivity index (χ4v) is 3.84. The molecule has 2 N–H and O–H groups in total. The highest BCUT2D eigenvalue weighted by atomic mass is 28.3. The Morgan fingerprint density at radius 2 is 2.06 bits per heavy atom. The Morgan fingerprint density at radius 3 is 2.77 bits per heavy atom. The van der Waals surface area contributed by atoms with Gasteiger partial charge in [0, 0.05) is 28.0 Å². The monoisotopic (exact) mass is 451 g/mol. The molecule has 168 valence electrons. The minimum Gasteiger partial charge on any atom is -0.421 e. The average Bonchev–Trinajstić information content (AvgIpc) is 3.11. The van der Waals surface area contributed by atoms with Gasteiger partial charge in [0.2, 0.25) is 0 Å². The first-order valence-electron chi connectivity index (χ1n) is 10.2. The number of ether oxygens (including phenoxy) is 2. The van der Waals surface area contributed by atoms with Crippen LogP contribution < -0.4 is 10.1 Å². The van der Waals surface area contributed by atoms with Gasteiger partial charge in [-0.1, -0.05) is 19.1 Å². The quantitative estimate of drug-likeness (QED) is 0.340. The van der Waals surface area contributed by atoms with Gasteiger partial charge < -0.3 is 19.9 Å². The van der Waals surface area contributed by atoms with E-state index in [0.717, 1.165) is 18.6 Å². The van der Waals surface area contributed by atoms with E-state index in [9.17, 15) is 13.9 Å². The van der Waals surface area contributed by atoms with Crippen molar-refractivity contribution in [2.45, 2.75) is 45.3 Å². The summed E-state index contributed by atoms with van der Waals surface area (Å²) in [5.41, 5.74) is 0.429. The maximum Gasteiger partial charge on any atom is 0.326 e. The molecule has 0 bridgehead atoms. The van der Waals surface area contributed by atoms with Crippen LogP contribution >= 0.6 is 0 Å². The highest BCUT2D eigenvalue weighted by molar-refractivity contribution is 6.55. The number of halogens is 2. The summed E-state index contributed by atoms with van der Waals surface area (Å²) >= 11 is 0. The van der Waals surface area contributed by atoms with Crippen molar-refractivity contribution in [2.24, 2.45) is 0 Å². The van der Waals surface area contributed by atoms with Gasteiger partial charge in [-0.05, 0) is 25.5 Å². The molecule has 8 nitrogen and oxygen atoms in total. The topological polar surface area (TPSA) is 94.3 Å². The molecule has 11 heteroatoms. The van der Waals surface area contributed by atoms with Gasteiger partial charge in [0.25, 0.3) is 0 Å². The minimum absolute atomic E-state index is 0.140. The second-order valence-electron chi connectivity index (χ2n) is 7.72. The molecule has 0 saturated carbocycles. The van der Waals surface area contributed by atoms with Crippen molar-refractivity contribution in [3.05, 3.63) is 36.0 Å². The summed E-state index contributed by atoms with van der Waals surface area (Å²) in [6.45, 7) is 7.27. The number of rotatable bonds is 11. The molecule has 0 saturated heterocycles. The van der Waals surface area contributed by atoms with Crippen molar-refractivity contribution in [3.8, 4) is 11.8 Å². The first-order chi connectivity index (χ1) is 14.8. The molecule has 0 aliphatic carbocycles. The fourth-order valence-electron chi connectivity index (χ4n) is 2.86. The van der Waals surface area contributed by atoms with E-state index < -0.39 is 26.5 Å². The highest BCUT2D eigenvalue weighted by Crippen LogP contribution is 2.27. The summed E-state index contributed by atoms with van der Waals surface area (Å²) in [5.74, 6) is -1.41. The number of anilines is 1. The van der Waals surface area contributed by atoms with E-state index in [0.29, 0.717) is 23.5 Å². The van der Waals surface area contributed by atoms with Crippen molar-refractivity contribution in [1.29, 1.82) is 0 Å². The van der Waals surface area contributed by atoms with Crippen LogP contribution in [0, 0.1) is 11.6 Å². The van der Waals surface area contributed by atoms with Crippen molar-refractivity contribution < 1.29 is 23.4 Å². The van der Waals surface area contributed by atoms with Gasteiger partial charge in [0.15, 0.2) is 17.2 Å². The summed E-state index contributed by atoms with van der Waals surface area (Å²) in [6, 6.07) is 4.04. The van der Waals surface area contributed by atoms with Crippen LogP contribution in [0.1, 0.15) is 13.3 Å². The Morgan fingerprint density at radius 1 is 1.26 bits per heavy atom. The van der Waals surface area contributed by atoms with E-state index in [-0.39, 0.29) is 25.0 Å². The van der Waals surface area contributed by atoms with E-state index in [2.05, 4.69) is 33.5 Å². The number of aliphatic hydroxyl groups excluding tert-OH is 1. The summed E-state index contributed by atoms with van der Waals surface area (Å²) in [6.07, 6.45) is 1.97. The lowest BCUT2D eigenvalue weighted by atomic mass is 10.3. The normalized spacial score (nSPS) is 12.5. The highest BCUT2D eigenvalue weighted by Gasteiger charge is 2.16. The Balaban J connectivity index is 1.85. The van der Waals surface area contributed by atoms with Gasteiger partial charge in [-0.25, -0.2) is 13.5 Å². The summed E-state index contributed by atoms with van der Waals surface area (Å²) in [4.78, 5) is 8.61. The van der Waals surface area contributed by atoms with E-state index in [1.165, 1.54) is 12.1 Å². The van der Waals surface area contributed by atoms with Crippen molar-refractivity contribution in [2.75, 3.05) is 18.5 Å². The van der Waals surface area contributed by atoms with E-state index in [4.69, 9.17) is 9.47 Å². The first-order valence-corrected chi connectivity index (χ1v) is 13.3. The number of aliphatic hydroxyl groups is 1. The van der Waals surface area contributed by atoms with Gasteiger partial charge in [0.05, 0.1) is 17.7 Å². The minimum atomic E-state index is -0.868. The van der Waals surface area contributed by atoms with Crippen LogP contribution in [0.4, 0.5) is 14.6 Å². The molecule has 0 unspecified atom stereocenters. The number of aromatic nitrogens is 4. The Labute approximate surface area is 180 Å². The van der Waals surface area contributed by atoms with Crippen molar-refractivity contribution in [1.82, 2.24) is 19.7 Å². The Bertz CT molecular complexity index is 1020. The molecule has 0 fully saturated rings. The van der Waals surface area contributed by atoms with Crippen molar-refractivity contribution in [3.63, 3.8) is 0 Å². The second kappa shape index (κ2) is 10.6. The maximum atomic E-state index is 14.0. The summed E-state index contributed by atoms with van der Waals surface area (Å²) in [5, 5.41) is 17.5. The number of benzene rings is 1. The number of nitrogens with one attached hydrogen (secondary N) is 1. The third kappa shape index (κ3) is 6.42. The number of nitrogens with zero attached hydrogens (tertiary/aromatic N) is 4. The Hall–Kier alpha value is -2.63. The SMILES string of the molecule is C[C@H](O)CNc1nc(Oc2ccc(F)cc2F)nc2c1cnn2COCCC[SiH](C)C. The third-order valence-electron chi connectivity index (χ3n) is 4.42. The van der Waals surface area contributed by atoms with E-state index in [1.807, 2.05) is 0 Å². The van der Waals surface area contributed by atoms with Crippen LogP contribution in [-0.4, -0.2) is 52.9 Å². The molecule has 31 heavy (non-hydrogen) atoms. The Kier molecular flexibility index (Phi) is 7.88. The van der Waals surface area contributed by atoms with Gasteiger partial charge >= 0.3 is 6.01 Å². The molecule has 0 radical (unpaired) electrons. The van der Waals surface area contributed by atoms with Crippen LogP contribution in [-0.2, 0) is 11.5 Å². The van der Waals surface area contributed by atoms with Gasteiger partial charge in [-0.3, -0.25) is 0 Å². The first kappa shape index (κ1) is 23.0. The van der Waals surface area contributed by atoms with Crippen LogP contribution in [0.5, 0.6) is 11.8 Å². The lowest BCUT2D eigenvalue weighted by Gasteiger charge is -2.12. The predicted octanol–water partition coefficient (Wildman–Crippen LogP) is 3.54. The number of hydrogen-bond donors (Lipinski definition) is 2. The molecule has 0 spiro atoms. The summed E-state index contributed by atoms with van der Waals surface area (Å²) < 4.78 is 40.0. The van der Waals surface area contributed by atoms with Crippen LogP contribution in [0.3, 0.4) is 0 Å². The van der Waals surface area contributed by atoms with E-state index >= 15 is 0 Å². The molecular weight excluding hydrogens is 424 g/mol. The zero-order valence-corrected chi connectivity index (χ0v) is 19.0. The van der Waals surface area contributed by atoms with Gasteiger partial charge in [0.1, 0.15) is 18.4 Å². The van der Waals surface area contributed by atoms with Gasteiger partial charge in [-0.2, -0.15) is 15.1 Å². The molecule has 0 aliphatic rings. The largest absolute Gasteiger partial charge is 0.421 e. The molecule has 0 amide bonds. The third-order valence-corrected chi connectivity index (χ3v) is 5.98. The molecule has 0 aliphatic heterocycles. The smallest absolute Gasteiger partial charge is 0.326 e. The molecule has 2 aromatic heterocycles. The fraction of sp³-hybridized carbons (Fsp3) is 0.450. The molecule has 3 aromatic rings. The van der Waals surface area contributed by atoms with Crippen molar-refractivity contribution >= 4 is 25.6 Å². The zero-order valence-electron chi connectivity index (χ0n) is 17.8. The number of fused-ring (bicyclic) bond motifs is 1. The molecule has 3 rings (SSSR count). The lowest BCUT2D eigenvalue weighted by molar-refractivity contribution is 0.0718.